The molecule has 0 saturated carbocycles. The van der Waals surface area contributed by atoms with E-state index >= 15 is 0 Å². The minimum absolute atomic E-state index is 0.129. The lowest BCUT2D eigenvalue weighted by Gasteiger charge is -2.10. The van der Waals surface area contributed by atoms with E-state index < -0.39 is 5.91 Å². The maximum Gasteiger partial charge on any atom is 0.266 e. The van der Waals surface area contributed by atoms with E-state index in [1.807, 2.05) is 38.1 Å². The van der Waals surface area contributed by atoms with Gasteiger partial charge in [0, 0.05) is 10.7 Å². The molecule has 34 heavy (non-hydrogen) atoms. The van der Waals surface area contributed by atoms with Gasteiger partial charge in [-0.25, -0.2) is 0 Å². The summed E-state index contributed by atoms with van der Waals surface area (Å²) in [6.45, 7) is 3.78. The van der Waals surface area contributed by atoms with E-state index in [1.165, 1.54) is 12.1 Å². The molecule has 3 aromatic rings. The van der Waals surface area contributed by atoms with E-state index in [0.717, 1.165) is 11.1 Å². The van der Waals surface area contributed by atoms with Gasteiger partial charge >= 0.3 is 0 Å². The van der Waals surface area contributed by atoms with Crippen molar-refractivity contribution in [3.8, 4) is 11.8 Å². The van der Waals surface area contributed by atoms with Gasteiger partial charge in [-0.2, -0.15) is 5.26 Å². The fourth-order valence-electron chi connectivity index (χ4n) is 2.96. The van der Waals surface area contributed by atoms with Crippen molar-refractivity contribution in [3.05, 3.63) is 93.0 Å². The molecule has 2 amide bonds. The van der Waals surface area contributed by atoms with Crippen molar-refractivity contribution in [2.75, 3.05) is 17.2 Å². The highest BCUT2D eigenvalue weighted by Crippen LogP contribution is 2.26. The third kappa shape index (κ3) is 6.85. The summed E-state index contributed by atoms with van der Waals surface area (Å²) >= 11 is 11.9. The first kappa shape index (κ1) is 24.8. The SMILES string of the molecule is Cc1ccc(NC(=O)COc2cccc(/C=C(/C#N)C(=O)Nc3ccc(Cl)cc3Cl)c2)cc1C. The van der Waals surface area contributed by atoms with Crippen molar-refractivity contribution in [2.24, 2.45) is 0 Å². The number of amides is 2. The zero-order valence-corrected chi connectivity index (χ0v) is 20.0. The minimum Gasteiger partial charge on any atom is -0.484 e. The molecule has 0 unspecified atom stereocenters. The quantitative estimate of drug-likeness (QED) is 0.304. The van der Waals surface area contributed by atoms with Crippen LogP contribution in [0.1, 0.15) is 16.7 Å². The molecule has 0 fully saturated rings. The van der Waals surface area contributed by atoms with Crippen LogP contribution in [0.15, 0.2) is 66.2 Å². The van der Waals surface area contributed by atoms with E-state index in [0.29, 0.717) is 27.7 Å². The maximum atomic E-state index is 12.5. The number of ether oxygens (including phenoxy) is 1. The van der Waals surface area contributed by atoms with Gasteiger partial charge in [0.25, 0.3) is 11.8 Å². The number of halogens is 2. The summed E-state index contributed by atoms with van der Waals surface area (Å²) in [4.78, 5) is 24.8. The number of nitrogens with zero attached hydrogens (tertiary/aromatic N) is 1. The number of carbonyl (C=O) groups excluding carboxylic acids is 2. The second-order valence-corrected chi connectivity index (χ2v) is 8.30. The Kier molecular flexibility index (Phi) is 8.31. The average Bonchev–Trinajstić information content (AvgIpc) is 2.80. The highest BCUT2D eigenvalue weighted by Gasteiger charge is 2.12. The highest BCUT2D eigenvalue weighted by molar-refractivity contribution is 6.36. The molecule has 0 aliphatic carbocycles. The van der Waals surface area contributed by atoms with E-state index in [9.17, 15) is 14.9 Å². The minimum atomic E-state index is -0.620. The standard InChI is InChI=1S/C26H21Cl2N3O3/c1-16-6-8-21(10-17(16)2)30-25(32)15-34-22-5-3-4-18(12-22)11-19(14-29)26(33)31-24-9-7-20(27)13-23(24)28/h3-13H,15H2,1-2H3,(H,30,32)(H,31,33)/b19-11-. The first-order valence-corrected chi connectivity index (χ1v) is 11.0. The Morgan fingerprint density at radius 3 is 2.50 bits per heavy atom. The van der Waals surface area contributed by atoms with Crippen LogP contribution < -0.4 is 15.4 Å². The Labute approximate surface area is 207 Å². The van der Waals surface area contributed by atoms with Crippen LogP contribution in [0.2, 0.25) is 10.0 Å². The van der Waals surface area contributed by atoms with E-state index in [2.05, 4.69) is 10.6 Å². The number of rotatable bonds is 7. The van der Waals surface area contributed by atoms with Crippen LogP contribution in [0.5, 0.6) is 5.75 Å². The average molecular weight is 494 g/mol. The summed E-state index contributed by atoms with van der Waals surface area (Å²) in [6.07, 6.45) is 1.42. The van der Waals surface area contributed by atoms with Gasteiger partial charge in [-0.15, -0.1) is 0 Å². The number of benzene rings is 3. The van der Waals surface area contributed by atoms with Gasteiger partial charge in [-0.3, -0.25) is 9.59 Å². The zero-order valence-electron chi connectivity index (χ0n) is 18.5. The molecule has 2 N–H and O–H groups in total. The molecule has 6 nitrogen and oxygen atoms in total. The summed E-state index contributed by atoms with van der Waals surface area (Å²) in [5, 5.41) is 15.5. The van der Waals surface area contributed by atoms with E-state index in [1.54, 1.807) is 36.4 Å². The largest absolute Gasteiger partial charge is 0.484 e. The molecular weight excluding hydrogens is 473 g/mol. The Balaban J connectivity index is 1.64. The molecule has 0 spiro atoms. The lowest BCUT2D eigenvalue weighted by molar-refractivity contribution is -0.118. The van der Waals surface area contributed by atoms with Gasteiger partial charge < -0.3 is 15.4 Å². The fourth-order valence-corrected chi connectivity index (χ4v) is 3.41. The molecule has 172 valence electrons. The molecule has 0 atom stereocenters. The van der Waals surface area contributed by atoms with E-state index in [-0.39, 0.29) is 23.1 Å². The van der Waals surface area contributed by atoms with Crippen LogP contribution >= 0.6 is 23.2 Å². The summed E-state index contributed by atoms with van der Waals surface area (Å²) in [5.74, 6) is -0.505. The first-order chi connectivity index (χ1) is 16.2. The Morgan fingerprint density at radius 1 is 1.00 bits per heavy atom. The number of nitriles is 1. The Hall–Kier alpha value is -3.79. The van der Waals surface area contributed by atoms with Crippen LogP contribution in [0.4, 0.5) is 11.4 Å². The van der Waals surface area contributed by atoms with Gasteiger partial charge in [0.1, 0.15) is 17.4 Å². The van der Waals surface area contributed by atoms with Crippen molar-refractivity contribution < 1.29 is 14.3 Å². The fraction of sp³-hybridized carbons (Fsp3) is 0.115. The number of hydrogen-bond donors (Lipinski definition) is 2. The third-order valence-electron chi connectivity index (χ3n) is 4.87. The van der Waals surface area contributed by atoms with Gasteiger partial charge in [-0.1, -0.05) is 41.4 Å². The van der Waals surface area contributed by atoms with Crippen molar-refractivity contribution in [3.63, 3.8) is 0 Å². The molecule has 0 heterocycles. The normalized spacial score (nSPS) is 10.9. The predicted molar refractivity (Wildman–Crippen MR) is 135 cm³/mol. The zero-order chi connectivity index (χ0) is 24.7. The molecule has 0 radical (unpaired) electrons. The molecule has 0 aromatic heterocycles. The van der Waals surface area contributed by atoms with Crippen molar-refractivity contribution in [1.82, 2.24) is 0 Å². The molecule has 0 aliphatic rings. The second-order valence-electron chi connectivity index (χ2n) is 7.46. The molecule has 0 saturated heterocycles. The molecule has 8 heteroatoms. The number of nitrogens with one attached hydrogen (secondary N) is 2. The van der Waals surface area contributed by atoms with Crippen LogP contribution in [-0.4, -0.2) is 18.4 Å². The molecule has 3 aromatic carbocycles. The summed E-state index contributed by atoms with van der Waals surface area (Å²) < 4.78 is 5.58. The maximum absolute atomic E-state index is 12.5. The smallest absolute Gasteiger partial charge is 0.266 e. The van der Waals surface area contributed by atoms with Crippen LogP contribution in [-0.2, 0) is 9.59 Å². The first-order valence-electron chi connectivity index (χ1n) is 10.2. The summed E-state index contributed by atoms with van der Waals surface area (Å²) in [5.41, 5.74) is 3.68. The lowest BCUT2D eigenvalue weighted by Crippen LogP contribution is -2.20. The highest BCUT2D eigenvalue weighted by atomic mass is 35.5. The van der Waals surface area contributed by atoms with Crippen LogP contribution in [0.3, 0.4) is 0 Å². The van der Waals surface area contributed by atoms with Crippen LogP contribution in [0, 0.1) is 25.2 Å². The van der Waals surface area contributed by atoms with Gasteiger partial charge in [0.2, 0.25) is 0 Å². The van der Waals surface area contributed by atoms with Crippen molar-refractivity contribution in [1.29, 1.82) is 5.26 Å². The molecule has 0 aliphatic heterocycles. The van der Waals surface area contributed by atoms with Gasteiger partial charge in [0.05, 0.1) is 10.7 Å². The van der Waals surface area contributed by atoms with E-state index in [4.69, 9.17) is 27.9 Å². The van der Waals surface area contributed by atoms with Crippen LogP contribution in [0.25, 0.3) is 6.08 Å². The van der Waals surface area contributed by atoms with Crippen molar-refractivity contribution in [2.45, 2.75) is 13.8 Å². The van der Waals surface area contributed by atoms with Gasteiger partial charge in [0.15, 0.2) is 6.61 Å². The summed E-state index contributed by atoms with van der Waals surface area (Å²) in [6, 6.07) is 18.9. The number of carbonyl (C=O) groups is 2. The molecule has 0 bridgehead atoms. The lowest BCUT2D eigenvalue weighted by atomic mass is 10.1. The second kappa shape index (κ2) is 11.4. The Bertz CT molecular complexity index is 1310. The monoisotopic (exact) mass is 493 g/mol. The number of hydrogen-bond acceptors (Lipinski definition) is 4. The topological polar surface area (TPSA) is 91.2 Å². The molecular formula is C26H21Cl2N3O3. The number of anilines is 2. The van der Waals surface area contributed by atoms with Crippen molar-refractivity contribution >= 4 is 52.5 Å². The predicted octanol–water partition coefficient (Wildman–Crippen LogP) is 6.17. The third-order valence-corrected chi connectivity index (χ3v) is 5.42. The number of aryl methyl sites for hydroxylation is 2. The summed E-state index contributed by atoms with van der Waals surface area (Å²) in [7, 11) is 0. The molecule has 3 rings (SSSR count). The van der Waals surface area contributed by atoms with Gasteiger partial charge in [-0.05, 0) is 79.1 Å². The Morgan fingerprint density at radius 2 is 1.79 bits per heavy atom.